The number of rotatable bonds is 3. The van der Waals surface area contributed by atoms with Crippen molar-refractivity contribution < 1.29 is 4.79 Å². The Balaban J connectivity index is 2.13. The zero-order chi connectivity index (χ0) is 14.8. The number of amides is 1. The molecule has 0 bridgehead atoms. The van der Waals surface area contributed by atoms with E-state index < -0.39 is 0 Å². The molecule has 0 aliphatic carbocycles. The van der Waals surface area contributed by atoms with Crippen LogP contribution in [0.1, 0.15) is 55.4 Å². The highest BCUT2D eigenvalue weighted by molar-refractivity contribution is 9.09. The lowest BCUT2D eigenvalue weighted by molar-refractivity contribution is 0.0674. The number of hydrogen-bond acceptors (Lipinski definition) is 4. The normalized spacial score (nSPS) is 20.2. The molecular weight excluding hydrogens is 338 g/mol. The van der Waals surface area contributed by atoms with Gasteiger partial charge in [0, 0.05) is 23.8 Å². The maximum Gasteiger partial charge on any atom is 0.267 e. The van der Waals surface area contributed by atoms with Crippen molar-refractivity contribution >= 4 is 33.4 Å². The first-order valence-electron chi connectivity index (χ1n) is 7.11. The number of nitrogens with zero attached hydrogens (tertiary/aromatic N) is 3. The zero-order valence-corrected chi connectivity index (χ0v) is 14.8. The van der Waals surface area contributed by atoms with Gasteiger partial charge in [-0.15, -0.1) is 5.10 Å². The van der Waals surface area contributed by atoms with Crippen molar-refractivity contribution in [1.29, 1.82) is 0 Å². The van der Waals surface area contributed by atoms with Crippen molar-refractivity contribution in [3.8, 4) is 0 Å². The van der Waals surface area contributed by atoms with Crippen molar-refractivity contribution in [2.24, 2.45) is 5.92 Å². The largest absolute Gasteiger partial charge is 0.338 e. The van der Waals surface area contributed by atoms with E-state index in [-0.39, 0.29) is 11.3 Å². The van der Waals surface area contributed by atoms with E-state index in [0.717, 1.165) is 41.8 Å². The summed E-state index contributed by atoms with van der Waals surface area (Å²) in [4.78, 5) is 15.4. The first-order valence-corrected chi connectivity index (χ1v) is 9.01. The summed E-state index contributed by atoms with van der Waals surface area (Å²) in [5.41, 5.74) is 0.693. The summed E-state index contributed by atoms with van der Waals surface area (Å²) in [6.45, 7) is 7.95. The Morgan fingerprint density at radius 2 is 2.25 bits per heavy atom. The molecule has 4 nitrogen and oxygen atoms in total. The maximum atomic E-state index is 12.7. The standard InChI is InChI=1S/C14H22BrN3OS/c1-14(2,3)12-11(20-17-16-12)13(19)18-8-4-5-10(9-18)6-7-15/h10H,4-9H2,1-3H3. The summed E-state index contributed by atoms with van der Waals surface area (Å²) >= 11 is 4.73. The monoisotopic (exact) mass is 359 g/mol. The number of piperidine rings is 1. The minimum Gasteiger partial charge on any atom is -0.338 e. The van der Waals surface area contributed by atoms with Crippen molar-refractivity contribution in [2.45, 2.75) is 45.4 Å². The van der Waals surface area contributed by atoms with Gasteiger partial charge in [0.05, 0.1) is 5.69 Å². The molecule has 112 valence electrons. The molecule has 0 saturated carbocycles. The summed E-state index contributed by atoms with van der Waals surface area (Å²) in [5, 5.41) is 5.18. The van der Waals surface area contributed by atoms with Crippen LogP contribution in [0.5, 0.6) is 0 Å². The smallest absolute Gasteiger partial charge is 0.267 e. The third kappa shape index (κ3) is 3.58. The minimum atomic E-state index is -0.136. The molecule has 1 atom stereocenters. The molecule has 1 fully saturated rings. The van der Waals surface area contributed by atoms with Gasteiger partial charge in [0.25, 0.3) is 5.91 Å². The molecule has 0 radical (unpaired) electrons. The van der Waals surface area contributed by atoms with Crippen molar-refractivity contribution in [1.82, 2.24) is 14.5 Å². The van der Waals surface area contributed by atoms with Crippen LogP contribution in [0.15, 0.2) is 0 Å². The Morgan fingerprint density at radius 3 is 2.90 bits per heavy atom. The molecule has 2 rings (SSSR count). The fraction of sp³-hybridized carbons (Fsp3) is 0.786. The summed E-state index contributed by atoms with van der Waals surface area (Å²) in [5.74, 6) is 0.732. The Hall–Kier alpha value is -0.490. The van der Waals surface area contributed by atoms with Gasteiger partial charge < -0.3 is 4.90 Å². The van der Waals surface area contributed by atoms with E-state index in [2.05, 4.69) is 46.3 Å². The number of aromatic nitrogens is 2. The van der Waals surface area contributed by atoms with Gasteiger partial charge in [-0.3, -0.25) is 4.79 Å². The van der Waals surface area contributed by atoms with Crippen molar-refractivity contribution in [2.75, 3.05) is 18.4 Å². The fourth-order valence-corrected chi connectivity index (χ4v) is 4.10. The van der Waals surface area contributed by atoms with Gasteiger partial charge in [-0.2, -0.15) is 0 Å². The molecule has 20 heavy (non-hydrogen) atoms. The van der Waals surface area contributed by atoms with Crippen LogP contribution >= 0.6 is 27.5 Å². The third-order valence-corrected chi connectivity index (χ3v) is 4.89. The Kier molecular flexibility index (Phi) is 5.18. The topological polar surface area (TPSA) is 46.1 Å². The van der Waals surface area contributed by atoms with Crippen LogP contribution < -0.4 is 0 Å². The highest BCUT2D eigenvalue weighted by atomic mass is 79.9. The lowest BCUT2D eigenvalue weighted by atomic mass is 9.90. The van der Waals surface area contributed by atoms with Gasteiger partial charge >= 0.3 is 0 Å². The van der Waals surface area contributed by atoms with Crippen LogP contribution in [0.4, 0.5) is 0 Å². The number of hydrogen-bond donors (Lipinski definition) is 0. The molecule has 1 aromatic rings. The molecule has 1 aliphatic rings. The molecule has 6 heteroatoms. The number of carbonyl (C=O) groups excluding carboxylic acids is 1. The number of halogens is 1. The summed E-state index contributed by atoms with van der Waals surface area (Å²) < 4.78 is 4.00. The van der Waals surface area contributed by atoms with E-state index in [4.69, 9.17) is 0 Å². The van der Waals surface area contributed by atoms with Gasteiger partial charge in [0.2, 0.25) is 0 Å². The number of likely N-dealkylation sites (tertiary alicyclic amines) is 1. The molecule has 0 spiro atoms. The van der Waals surface area contributed by atoms with Crippen LogP contribution in [0.25, 0.3) is 0 Å². The van der Waals surface area contributed by atoms with E-state index in [9.17, 15) is 4.79 Å². The van der Waals surface area contributed by atoms with Gasteiger partial charge in [-0.05, 0) is 36.7 Å². The van der Waals surface area contributed by atoms with Crippen LogP contribution in [0.2, 0.25) is 0 Å². The SMILES string of the molecule is CC(C)(C)c1nnsc1C(=O)N1CCCC(CCBr)C1. The summed E-state index contributed by atoms with van der Waals surface area (Å²) in [6.07, 6.45) is 3.46. The summed E-state index contributed by atoms with van der Waals surface area (Å²) in [6, 6.07) is 0. The maximum absolute atomic E-state index is 12.7. The van der Waals surface area contributed by atoms with E-state index in [1.54, 1.807) is 0 Å². The second kappa shape index (κ2) is 6.52. The van der Waals surface area contributed by atoms with Crippen molar-refractivity contribution in [3.05, 3.63) is 10.6 Å². The predicted octanol–water partition coefficient (Wildman–Crippen LogP) is 3.47. The Labute approximate surface area is 133 Å². The third-order valence-electron chi connectivity index (χ3n) is 3.72. The van der Waals surface area contributed by atoms with Crippen LogP contribution in [0.3, 0.4) is 0 Å². The van der Waals surface area contributed by atoms with E-state index >= 15 is 0 Å². The first-order chi connectivity index (χ1) is 9.43. The van der Waals surface area contributed by atoms with E-state index in [0.29, 0.717) is 5.92 Å². The van der Waals surface area contributed by atoms with E-state index in [1.807, 2.05) is 4.90 Å². The summed E-state index contributed by atoms with van der Waals surface area (Å²) in [7, 11) is 0. The van der Waals surface area contributed by atoms with Gasteiger partial charge in [0.1, 0.15) is 4.88 Å². The van der Waals surface area contributed by atoms with Crippen LogP contribution in [-0.4, -0.2) is 38.8 Å². The van der Waals surface area contributed by atoms with Gasteiger partial charge in [-0.1, -0.05) is 41.2 Å². The number of alkyl halides is 1. The van der Waals surface area contributed by atoms with Crippen LogP contribution in [-0.2, 0) is 5.41 Å². The minimum absolute atomic E-state index is 0.115. The Bertz CT molecular complexity index is 467. The van der Waals surface area contributed by atoms with Gasteiger partial charge in [-0.25, -0.2) is 0 Å². The average molecular weight is 360 g/mol. The van der Waals surface area contributed by atoms with E-state index in [1.165, 1.54) is 18.0 Å². The lowest BCUT2D eigenvalue weighted by Crippen LogP contribution is -2.40. The second-order valence-electron chi connectivity index (χ2n) is 6.44. The quantitative estimate of drug-likeness (QED) is 0.776. The highest BCUT2D eigenvalue weighted by Gasteiger charge is 2.31. The van der Waals surface area contributed by atoms with Crippen LogP contribution in [0, 0.1) is 5.92 Å². The molecule has 0 N–H and O–H groups in total. The molecule has 1 amide bonds. The zero-order valence-electron chi connectivity index (χ0n) is 12.4. The fourth-order valence-electron chi connectivity index (χ4n) is 2.60. The second-order valence-corrected chi connectivity index (χ2v) is 7.98. The molecule has 1 aromatic heterocycles. The van der Waals surface area contributed by atoms with Crippen molar-refractivity contribution in [3.63, 3.8) is 0 Å². The highest BCUT2D eigenvalue weighted by Crippen LogP contribution is 2.28. The molecule has 1 aliphatic heterocycles. The molecule has 1 saturated heterocycles. The average Bonchev–Trinajstić information content (AvgIpc) is 2.87. The Morgan fingerprint density at radius 1 is 1.50 bits per heavy atom. The first kappa shape index (κ1) is 15.9. The van der Waals surface area contributed by atoms with Gasteiger partial charge in [0.15, 0.2) is 0 Å². The lowest BCUT2D eigenvalue weighted by Gasteiger charge is -2.32. The molecule has 1 unspecified atom stereocenters. The molecular formula is C14H22BrN3OS. The predicted molar refractivity (Wildman–Crippen MR) is 85.6 cm³/mol. The number of carbonyl (C=O) groups is 1. The molecule has 2 heterocycles. The molecule has 0 aromatic carbocycles.